The molecule has 0 aliphatic heterocycles. The highest BCUT2D eigenvalue weighted by Crippen LogP contribution is 2.22. The molecule has 2 aromatic rings. The van der Waals surface area contributed by atoms with Gasteiger partial charge < -0.3 is 25.4 Å². The van der Waals surface area contributed by atoms with E-state index in [0.29, 0.717) is 12.2 Å². The lowest BCUT2D eigenvalue weighted by Crippen LogP contribution is -2.27. The van der Waals surface area contributed by atoms with Crippen molar-refractivity contribution in [3.05, 3.63) is 59.7 Å². The zero-order valence-corrected chi connectivity index (χ0v) is 16.2. The van der Waals surface area contributed by atoms with Crippen molar-refractivity contribution >= 4 is 5.69 Å². The number of hydrogen-bond donors (Lipinski definition) is 4. The van der Waals surface area contributed by atoms with Gasteiger partial charge in [0.2, 0.25) is 0 Å². The molecular weight excluding hydrogens is 342 g/mol. The Morgan fingerprint density at radius 1 is 1.04 bits per heavy atom. The highest BCUT2D eigenvalue weighted by atomic mass is 16.5. The normalized spacial score (nSPS) is 11.6. The maximum atomic E-state index is 10.3. The third-order valence-corrected chi connectivity index (χ3v) is 4.98. The Morgan fingerprint density at radius 3 is 2.37 bits per heavy atom. The van der Waals surface area contributed by atoms with Crippen LogP contribution in [0.5, 0.6) is 5.75 Å². The Balaban J connectivity index is 1.81. The Bertz CT molecular complexity index is 681. The van der Waals surface area contributed by atoms with Crippen LogP contribution in [0.1, 0.15) is 56.9 Å². The first-order chi connectivity index (χ1) is 13.0. The molecule has 0 saturated heterocycles. The molecule has 148 valence electrons. The molecule has 0 aliphatic rings. The Morgan fingerprint density at radius 2 is 1.74 bits per heavy atom. The molecule has 0 spiro atoms. The molecule has 0 fully saturated rings. The first-order valence-corrected chi connectivity index (χ1v) is 9.60. The van der Waals surface area contributed by atoms with Crippen molar-refractivity contribution in [2.24, 2.45) is 0 Å². The third-order valence-electron chi connectivity index (χ3n) is 4.98. The van der Waals surface area contributed by atoms with Crippen LogP contribution in [-0.4, -0.2) is 27.5 Å². The predicted molar refractivity (Wildman–Crippen MR) is 108 cm³/mol. The minimum absolute atomic E-state index is 0.408. The van der Waals surface area contributed by atoms with Gasteiger partial charge in [0.05, 0.1) is 5.60 Å². The van der Waals surface area contributed by atoms with Crippen molar-refractivity contribution < 1.29 is 20.1 Å². The van der Waals surface area contributed by atoms with E-state index in [1.807, 2.05) is 50.2 Å². The Labute approximate surface area is 161 Å². The lowest BCUT2D eigenvalue weighted by molar-refractivity contribution is -0.0425. The van der Waals surface area contributed by atoms with Crippen molar-refractivity contribution in [1.29, 1.82) is 0 Å². The van der Waals surface area contributed by atoms with E-state index in [9.17, 15) is 5.11 Å². The fourth-order valence-corrected chi connectivity index (χ4v) is 2.90. The number of benzene rings is 2. The van der Waals surface area contributed by atoms with E-state index in [2.05, 4.69) is 5.32 Å². The average Bonchev–Trinajstić information content (AvgIpc) is 2.70. The molecule has 5 nitrogen and oxygen atoms in total. The number of rotatable bonds is 11. The summed E-state index contributed by atoms with van der Waals surface area (Å²) in [6.07, 6.45) is 1.82. The Hall–Kier alpha value is -2.08. The number of hydrogen-bond acceptors (Lipinski definition) is 5. The van der Waals surface area contributed by atoms with Crippen molar-refractivity contribution in [2.45, 2.75) is 58.0 Å². The van der Waals surface area contributed by atoms with Crippen LogP contribution in [0.3, 0.4) is 0 Å². The molecule has 0 unspecified atom stereocenters. The summed E-state index contributed by atoms with van der Waals surface area (Å²) >= 11 is 0. The zero-order valence-electron chi connectivity index (χ0n) is 16.2. The number of aliphatic hydroxyl groups excluding tert-OH is 1. The van der Waals surface area contributed by atoms with E-state index < -0.39 is 11.9 Å². The maximum absolute atomic E-state index is 10.3. The molecule has 0 bridgehead atoms. The van der Waals surface area contributed by atoms with Gasteiger partial charge in [-0.05, 0) is 43.4 Å². The number of ether oxygens (including phenoxy) is 1. The van der Waals surface area contributed by atoms with Gasteiger partial charge in [-0.3, -0.25) is 0 Å². The molecular formula is C22H31NO4. The molecule has 0 saturated carbocycles. The smallest absolute Gasteiger partial charge is 0.178 e. The first-order valence-electron chi connectivity index (χ1n) is 9.60. The van der Waals surface area contributed by atoms with Crippen LogP contribution >= 0.6 is 0 Å². The molecule has 0 heterocycles. The van der Waals surface area contributed by atoms with E-state index in [-0.39, 0.29) is 0 Å². The number of aliphatic hydroxyl groups is 3. The molecule has 2 aromatic carbocycles. The third kappa shape index (κ3) is 6.86. The summed E-state index contributed by atoms with van der Waals surface area (Å²) in [7, 11) is 0. The second-order valence-corrected chi connectivity index (χ2v) is 6.89. The second-order valence-electron chi connectivity index (χ2n) is 6.89. The van der Waals surface area contributed by atoms with Gasteiger partial charge in [0.15, 0.2) is 6.29 Å². The average molecular weight is 373 g/mol. The molecule has 0 radical (unpaired) electrons. The summed E-state index contributed by atoms with van der Waals surface area (Å²) < 4.78 is 5.82. The van der Waals surface area contributed by atoms with E-state index in [1.165, 1.54) is 0 Å². The van der Waals surface area contributed by atoms with E-state index in [0.717, 1.165) is 49.2 Å². The number of nitrogens with one attached hydrogen (secondary N) is 1. The molecule has 27 heavy (non-hydrogen) atoms. The summed E-state index contributed by atoms with van der Waals surface area (Å²) in [5.74, 6) is 0.768. The van der Waals surface area contributed by atoms with E-state index in [1.54, 1.807) is 12.1 Å². The van der Waals surface area contributed by atoms with Gasteiger partial charge >= 0.3 is 0 Å². The topological polar surface area (TPSA) is 82.0 Å². The molecule has 0 aliphatic carbocycles. The zero-order chi connectivity index (χ0) is 19.7. The van der Waals surface area contributed by atoms with Gasteiger partial charge in [0, 0.05) is 23.9 Å². The van der Waals surface area contributed by atoms with E-state index >= 15 is 0 Å². The first kappa shape index (κ1) is 21.2. The maximum Gasteiger partial charge on any atom is 0.178 e. The van der Waals surface area contributed by atoms with Crippen molar-refractivity contribution in [1.82, 2.24) is 0 Å². The highest BCUT2D eigenvalue weighted by Gasteiger charge is 2.20. The monoisotopic (exact) mass is 373 g/mol. The minimum Gasteiger partial charge on any atom is -0.489 e. The van der Waals surface area contributed by atoms with Gasteiger partial charge in [0.1, 0.15) is 12.4 Å². The summed E-state index contributed by atoms with van der Waals surface area (Å²) in [6.45, 7) is 5.26. The van der Waals surface area contributed by atoms with Crippen molar-refractivity contribution in [2.75, 3.05) is 11.9 Å². The summed E-state index contributed by atoms with van der Waals surface area (Å²) in [4.78, 5) is 0. The summed E-state index contributed by atoms with van der Waals surface area (Å²) in [5, 5.41) is 31.9. The van der Waals surface area contributed by atoms with Crippen LogP contribution < -0.4 is 10.1 Å². The number of anilines is 1. The molecule has 0 amide bonds. The van der Waals surface area contributed by atoms with Crippen LogP contribution in [0.25, 0.3) is 0 Å². The fraction of sp³-hybridized carbons (Fsp3) is 0.455. The minimum atomic E-state index is -1.45. The molecule has 0 atom stereocenters. The SMILES string of the molecule is CCC(O)(CC)CCCNc1cccc(OCc2ccc(C(O)O)cc2)c1. The molecule has 2 rings (SSSR count). The Kier molecular flexibility index (Phi) is 8.10. The van der Waals surface area contributed by atoms with Gasteiger partial charge in [0.25, 0.3) is 0 Å². The van der Waals surface area contributed by atoms with Crippen molar-refractivity contribution in [3.63, 3.8) is 0 Å². The molecule has 4 N–H and O–H groups in total. The summed E-state index contributed by atoms with van der Waals surface area (Å²) in [5.41, 5.74) is 1.86. The van der Waals surface area contributed by atoms with Gasteiger partial charge in [-0.1, -0.05) is 44.2 Å². The quantitative estimate of drug-likeness (QED) is 0.354. The summed E-state index contributed by atoms with van der Waals surface area (Å²) in [6, 6.07) is 14.8. The van der Waals surface area contributed by atoms with Crippen LogP contribution in [0.15, 0.2) is 48.5 Å². The van der Waals surface area contributed by atoms with E-state index in [4.69, 9.17) is 14.9 Å². The van der Waals surface area contributed by atoms with Crippen LogP contribution in [-0.2, 0) is 6.61 Å². The standard InChI is InChI=1S/C22H31NO4/c1-3-22(26,4-2)13-6-14-23-19-7-5-8-20(15-19)27-16-17-9-11-18(12-10-17)21(24)25/h5,7-12,15,21,23-26H,3-4,6,13-14,16H2,1-2H3. The largest absolute Gasteiger partial charge is 0.489 e. The second kappa shape index (κ2) is 10.3. The fourth-order valence-electron chi connectivity index (χ4n) is 2.90. The van der Waals surface area contributed by atoms with Crippen LogP contribution in [0.2, 0.25) is 0 Å². The van der Waals surface area contributed by atoms with Gasteiger partial charge in [-0.2, -0.15) is 0 Å². The molecule has 5 heteroatoms. The van der Waals surface area contributed by atoms with Crippen molar-refractivity contribution in [3.8, 4) is 5.75 Å². The highest BCUT2D eigenvalue weighted by molar-refractivity contribution is 5.48. The molecule has 0 aromatic heterocycles. The lowest BCUT2D eigenvalue weighted by atomic mass is 9.92. The lowest BCUT2D eigenvalue weighted by Gasteiger charge is -2.25. The van der Waals surface area contributed by atoms with Crippen LogP contribution in [0, 0.1) is 0 Å². The predicted octanol–water partition coefficient (Wildman–Crippen LogP) is 3.99. The van der Waals surface area contributed by atoms with Gasteiger partial charge in [-0.25, -0.2) is 0 Å². The van der Waals surface area contributed by atoms with Gasteiger partial charge in [-0.15, -0.1) is 0 Å². The van der Waals surface area contributed by atoms with Crippen LogP contribution in [0.4, 0.5) is 5.69 Å².